The topological polar surface area (TPSA) is 55.4 Å². The maximum absolute atomic E-state index is 11.8. The van der Waals surface area contributed by atoms with Gasteiger partial charge in [0.15, 0.2) is 6.61 Å². The molecule has 4 nitrogen and oxygen atoms in total. The maximum atomic E-state index is 11.8. The third-order valence-corrected chi connectivity index (χ3v) is 4.41. The summed E-state index contributed by atoms with van der Waals surface area (Å²) >= 11 is 4.94. The van der Waals surface area contributed by atoms with Crippen LogP contribution in [0.2, 0.25) is 0 Å². The molecule has 2 rings (SSSR count). The summed E-state index contributed by atoms with van der Waals surface area (Å²) in [5, 5.41) is 2.71. The Morgan fingerprint density at radius 2 is 2.04 bits per heavy atom. The average Bonchev–Trinajstić information content (AvgIpc) is 2.91. The highest BCUT2D eigenvalue weighted by Crippen LogP contribution is 2.20. The second-order valence-corrected chi connectivity index (χ2v) is 7.13. The van der Waals surface area contributed by atoms with Crippen LogP contribution in [0, 0.1) is 13.8 Å². The van der Waals surface area contributed by atoms with E-state index in [0.29, 0.717) is 5.69 Å². The van der Waals surface area contributed by atoms with E-state index < -0.39 is 5.97 Å². The Hall–Kier alpha value is -1.92. The van der Waals surface area contributed by atoms with Crippen LogP contribution < -0.4 is 5.32 Å². The number of carbonyl (C=O) groups excluding carboxylic acids is 2. The molecule has 0 unspecified atom stereocenters. The quantitative estimate of drug-likeness (QED) is 0.607. The Balaban J connectivity index is 1.81. The van der Waals surface area contributed by atoms with Gasteiger partial charge in [0.05, 0.1) is 0 Å². The Morgan fingerprint density at radius 1 is 1.26 bits per heavy atom. The number of esters is 1. The number of halogens is 1. The fourth-order valence-electron chi connectivity index (χ4n) is 1.83. The van der Waals surface area contributed by atoms with E-state index in [2.05, 4.69) is 21.2 Å². The SMILES string of the molecule is Cc1ccc(/C=C/C(=O)OCC(=O)Nc2ccc(Br)cc2C)s1. The molecule has 1 aromatic heterocycles. The number of aryl methyl sites for hydroxylation is 2. The zero-order valence-electron chi connectivity index (χ0n) is 12.8. The fraction of sp³-hybridized carbons (Fsp3) is 0.176. The maximum Gasteiger partial charge on any atom is 0.331 e. The molecule has 2 aromatic rings. The molecule has 0 bridgehead atoms. The first kappa shape index (κ1) is 17.4. The molecule has 0 spiro atoms. The van der Waals surface area contributed by atoms with Crippen molar-refractivity contribution in [1.29, 1.82) is 0 Å². The summed E-state index contributed by atoms with van der Waals surface area (Å²) in [6.45, 7) is 3.56. The molecule has 0 aliphatic heterocycles. The molecule has 0 saturated carbocycles. The lowest BCUT2D eigenvalue weighted by molar-refractivity contribution is -0.142. The van der Waals surface area contributed by atoms with Gasteiger partial charge >= 0.3 is 5.97 Å². The molecule has 0 aliphatic carbocycles. The third kappa shape index (κ3) is 5.65. The van der Waals surface area contributed by atoms with Gasteiger partial charge in [-0.1, -0.05) is 15.9 Å². The molecule has 0 aliphatic rings. The molecule has 0 saturated heterocycles. The number of thiophene rings is 1. The Kier molecular flexibility index (Phi) is 6.12. The summed E-state index contributed by atoms with van der Waals surface area (Å²) in [6, 6.07) is 9.42. The van der Waals surface area contributed by atoms with Gasteiger partial charge < -0.3 is 10.1 Å². The van der Waals surface area contributed by atoms with Crippen LogP contribution in [0.4, 0.5) is 5.69 Å². The summed E-state index contributed by atoms with van der Waals surface area (Å²) < 4.78 is 5.86. The number of ether oxygens (including phenoxy) is 1. The third-order valence-electron chi connectivity index (χ3n) is 2.95. The standard InChI is InChI=1S/C17H16BrNO3S/c1-11-9-13(18)4-7-15(11)19-16(20)10-22-17(21)8-6-14-5-3-12(2)23-14/h3-9H,10H2,1-2H3,(H,19,20)/b8-6+. The molecule has 6 heteroatoms. The van der Waals surface area contributed by atoms with Crippen molar-refractivity contribution in [3.8, 4) is 0 Å². The van der Waals surface area contributed by atoms with Gasteiger partial charge in [-0.3, -0.25) is 4.79 Å². The molecular formula is C17H16BrNO3S. The highest BCUT2D eigenvalue weighted by atomic mass is 79.9. The lowest BCUT2D eigenvalue weighted by atomic mass is 10.2. The van der Waals surface area contributed by atoms with E-state index >= 15 is 0 Å². The predicted molar refractivity (Wildman–Crippen MR) is 96.6 cm³/mol. The number of benzene rings is 1. The number of amides is 1. The van der Waals surface area contributed by atoms with Crippen LogP contribution in [-0.4, -0.2) is 18.5 Å². The second-order valence-electron chi connectivity index (χ2n) is 4.90. The first-order valence-corrected chi connectivity index (χ1v) is 8.52. The largest absolute Gasteiger partial charge is 0.452 e. The van der Waals surface area contributed by atoms with Crippen LogP contribution in [-0.2, 0) is 14.3 Å². The minimum absolute atomic E-state index is 0.317. The van der Waals surface area contributed by atoms with Crippen LogP contribution in [0.25, 0.3) is 6.08 Å². The molecule has 23 heavy (non-hydrogen) atoms. The summed E-state index contributed by atoms with van der Waals surface area (Å²) in [6.07, 6.45) is 3.00. The Morgan fingerprint density at radius 3 is 2.70 bits per heavy atom. The zero-order chi connectivity index (χ0) is 16.8. The summed E-state index contributed by atoms with van der Waals surface area (Å²) in [5.74, 6) is -0.914. The Labute approximate surface area is 147 Å². The highest BCUT2D eigenvalue weighted by Gasteiger charge is 2.07. The lowest BCUT2D eigenvalue weighted by Crippen LogP contribution is -2.20. The van der Waals surface area contributed by atoms with Crippen LogP contribution in [0.3, 0.4) is 0 Å². The lowest BCUT2D eigenvalue weighted by Gasteiger charge is -2.08. The van der Waals surface area contributed by atoms with E-state index in [1.54, 1.807) is 23.5 Å². The van der Waals surface area contributed by atoms with Crippen molar-refractivity contribution in [3.05, 3.63) is 56.2 Å². The van der Waals surface area contributed by atoms with Gasteiger partial charge in [-0.15, -0.1) is 11.3 Å². The van der Waals surface area contributed by atoms with Crippen molar-refractivity contribution in [2.45, 2.75) is 13.8 Å². The van der Waals surface area contributed by atoms with E-state index in [-0.39, 0.29) is 12.5 Å². The van der Waals surface area contributed by atoms with Crippen LogP contribution >= 0.6 is 27.3 Å². The van der Waals surface area contributed by atoms with E-state index in [1.807, 2.05) is 38.1 Å². The smallest absolute Gasteiger partial charge is 0.331 e. The average molecular weight is 394 g/mol. The number of hydrogen-bond donors (Lipinski definition) is 1. The number of anilines is 1. The molecule has 1 N–H and O–H groups in total. The van der Waals surface area contributed by atoms with Gasteiger partial charge in [0.1, 0.15) is 0 Å². The van der Waals surface area contributed by atoms with Crippen molar-refractivity contribution < 1.29 is 14.3 Å². The van der Waals surface area contributed by atoms with Crippen molar-refractivity contribution in [2.75, 3.05) is 11.9 Å². The minimum Gasteiger partial charge on any atom is -0.452 e. The van der Waals surface area contributed by atoms with Gasteiger partial charge in [0.2, 0.25) is 0 Å². The normalized spacial score (nSPS) is 10.7. The molecule has 0 fully saturated rings. The van der Waals surface area contributed by atoms with Gasteiger partial charge in [-0.25, -0.2) is 4.79 Å². The summed E-state index contributed by atoms with van der Waals surface area (Å²) in [4.78, 5) is 25.5. The molecule has 0 atom stereocenters. The van der Waals surface area contributed by atoms with Crippen LogP contribution in [0.5, 0.6) is 0 Å². The van der Waals surface area contributed by atoms with Gasteiger partial charge in [0, 0.05) is 26.0 Å². The van der Waals surface area contributed by atoms with Crippen LogP contribution in [0.15, 0.2) is 40.9 Å². The molecule has 0 radical (unpaired) electrons. The molecule has 1 heterocycles. The molecule has 120 valence electrons. The van der Waals surface area contributed by atoms with E-state index in [9.17, 15) is 9.59 Å². The van der Waals surface area contributed by atoms with Gasteiger partial charge in [-0.2, -0.15) is 0 Å². The van der Waals surface area contributed by atoms with Gasteiger partial charge in [0.25, 0.3) is 5.91 Å². The van der Waals surface area contributed by atoms with E-state index in [4.69, 9.17) is 4.74 Å². The zero-order valence-corrected chi connectivity index (χ0v) is 15.2. The number of rotatable bonds is 5. The summed E-state index contributed by atoms with van der Waals surface area (Å²) in [7, 11) is 0. The number of carbonyl (C=O) groups is 2. The number of hydrogen-bond acceptors (Lipinski definition) is 4. The summed E-state index contributed by atoms with van der Waals surface area (Å²) in [5.41, 5.74) is 1.62. The second kappa shape index (κ2) is 8.08. The fourth-order valence-corrected chi connectivity index (χ4v) is 3.09. The highest BCUT2D eigenvalue weighted by molar-refractivity contribution is 9.10. The monoisotopic (exact) mass is 393 g/mol. The predicted octanol–water partition coefficient (Wildman–Crippen LogP) is 4.32. The molecular weight excluding hydrogens is 378 g/mol. The van der Waals surface area contributed by atoms with Crippen molar-refractivity contribution >= 4 is 50.9 Å². The first-order valence-electron chi connectivity index (χ1n) is 6.91. The Bertz CT molecular complexity index is 752. The van der Waals surface area contributed by atoms with Crippen molar-refractivity contribution in [3.63, 3.8) is 0 Å². The molecule has 1 aromatic carbocycles. The van der Waals surface area contributed by atoms with Gasteiger partial charge in [-0.05, 0) is 55.8 Å². The van der Waals surface area contributed by atoms with Crippen LogP contribution in [0.1, 0.15) is 15.3 Å². The van der Waals surface area contributed by atoms with Crippen molar-refractivity contribution in [2.24, 2.45) is 0 Å². The first-order chi connectivity index (χ1) is 10.9. The minimum atomic E-state index is -0.543. The van der Waals surface area contributed by atoms with E-state index in [1.165, 1.54) is 11.0 Å². The number of nitrogens with one attached hydrogen (secondary N) is 1. The molecule has 1 amide bonds. The van der Waals surface area contributed by atoms with E-state index in [0.717, 1.165) is 14.9 Å². The van der Waals surface area contributed by atoms with Crippen molar-refractivity contribution in [1.82, 2.24) is 0 Å².